The Labute approximate surface area is 151 Å². The zero-order valence-corrected chi connectivity index (χ0v) is 15.5. The molecule has 25 heavy (non-hydrogen) atoms. The standard InChI is InChI=1S/C21H30N2O2/c1-16-4-3-5-18(10-16)20(24)23-9-8-21(15-23)14-22(11-17-6-7-17)12-19(21)13-25-2/h3-5,10,17,19H,6-9,11-15H2,1-2H3/t19-,21-/m0/s1. The van der Waals surface area contributed by atoms with E-state index in [2.05, 4.69) is 9.80 Å². The summed E-state index contributed by atoms with van der Waals surface area (Å²) in [5.41, 5.74) is 2.20. The number of carbonyl (C=O) groups is 1. The Morgan fingerprint density at radius 1 is 1.32 bits per heavy atom. The van der Waals surface area contributed by atoms with Gasteiger partial charge in [-0.2, -0.15) is 0 Å². The number of carbonyl (C=O) groups excluding carboxylic acids is 1. The van der Waals surface area contributed by atoms with Gasteiger partial charge in [0, 0.05) is 56.7 Å². The van der Waals surface area contributed by atoms with E-state index in [-0.39, 0.29) is 11.3 Å². The van der Waals surface area contributed by atoms with Crippen LogP contribution in [0.25, 0.3) is 0 Å². The van der Waals surface area contributed by atoms with Gasteiger partial charge < -0.3 is 14.5 Å². The number of nitrogens with zero attached hydrogens (tertiary/aromatic N) is 2. The van der Waals surface area contributed by atoms with Gasteiger partial charge in [-0.3, -0.25) is 4.79 Å². The second kappa shape index (κ2) is 6.73. The van der Waals surface area contributed by atoms with Gasteiger partial charge in [0.2, 0.25) is 0 Å². The largest absolute Gasteiger partial charge is 0.384 e. The van der Waals surface area contributed by atoms with Crippen LogP contribution in [0, 0.1) is 24.2 Å². The van der Waals surface area contributed by atoms with Crippen molar-refractivity contribution in [1.29, 1.82) is 0 Å². The summed E-state index contributed by atoms with van der Waals surface area (Å²) in [6, 6.07) is 7.98. The fourth-order valence-corrected chi connectivity index (χ4v) is 4.87. The van der Waals surface area contributed by atoms with Crippen LogP contribution in [-0.4, -0.2) is 62.1 Å². The number of benzene rings is 1. The maximum absolute atomic E-state index is 13.0. The van der Waals surface area contributed by atoms with E-state index in [0.717, 1.165) is 56.3 Å². The summed E-state index contributed by atoms with van der Waals surface area (Å²) in [6.07, 6.45) is 3.91. The van der Waals surface area contributed by atoms with Gasteiger partial charge in [0.1, 0.15) is 0 Å². The van der Waals surface area contributed by atoms with Crippen molar-refractivity contribution in [2.24, 2.45) is 17.3 Å². The Bertz CT molecular complexity index is 643. The van der Waals surface area contributed by atoms with Crippen LogP contribution in [0.1, 0.15) is 35.2 Å². The number of methoxy groups -OCH3 is 1. The van der Waals surface area contributed by atoms with E-state index >= 15 is 0 Å². The van der Waals surface area contributed by atoms with E-state index in [1.54, 1.807) is 0 Å². The zero-order chi connectivity index (χ0) is 17.4. The predicted octanol–water partition coefficient (Wildman–Crippen LogP) is 2.82. The molecule has 3 aliphatic rings. The quantitative estimate of drug-likeness (QED) is 0.825. The molecule has 1 aromatic rings. The van der Waals surface area contributed by atoms with E-state index in [4.69, 9.17) is 4.74 Å². The molecule has 1 spiro atoms. The highest BCUT2D eigenvalue weighted by molar-refractivity contribution is 5.94. The zero-order valence-electron chi connectivity index (χ0n) is 15.5. The lowest BCUT2D eigenvalue weighted by molar-refractivity contribution is 0.0716. The number of hydrogen-bond donors (Lipinski definition) is 0. The molecular weight excluding hydrogens is 312 g/mol. The fourth-order valence-electron chi connectivity index (χ4n) is 4.87. The Morgan fingerprint density at radius 3 is 2.88 bits per heavy atom. The summed E-state index contributed by atoms with van der Waals surface area (Å²) in [6.45, 7) is 8.14. The molecule has 1 saturated carbocycles. The number of amides is 1. The molecule has 2 saturated heterocycles. The van der Waals surface area contributed by atoms with Crippen molar-refractivity contribution in [3.63, 3.8) is 0 Å². The molecule has 1 aromatic carbocycles. The van der Waals surface area contributed by atoms with Crippen molar-refractivity contribution in [3.05, 3.63) is 35.4 Å². The van der Waals surface area contributed by atoms with Crippen LogP contribution >= 0.6 is 0 Å². The third-order valence-corrected chi connectivity index (χ3v) is 6.40. The molecule has 4 heteroatoms. The lowest BCUT2D eigenvalue weighted by atomic mass is 9.77. The van der Waals surface area contributed by atoms with E-state index in [1.807, 2.05) is 38.3 Å². The summed E-state index contributed by atoms with van der Waals surface area (Å²) in [7, 11) is 1.81. The van der Waals surface area contributed by atoms with Crippen LogP contribution in [-0.2, 0) is 4.74 Å². The number of ether oxygens (including phenoxy) is 1. The minimum Gasteiger partial charge on any atom is -0.384 e. The Hall–Kier alpha value is -1.39. The molecule has 2 atom stereocenters. The first-order chi connectivity index (χ1) is 12.1. The number of aryl methyl sites for hydroxylation is 1. The average molecular weight is 342 g/mol. The lowest BCUT2D eigenvalue weighted by Gasteiger charge is -2.30. The minimum atomic E-state index is 0.192. The molecule has 0 aromatic heterocycles. The van der Waals surface area contributed by atoms with Crippen LogP contribution < -0.4 is 0 Å². The molecule has 1 aliphatic carbocycles. The normalized spacial score (nSPS) is 29.7. The van der Waals surface area contributed by atoms with Gasteiger partial charge in [-0.05, 0) is 44.2 Å². The van der Waals surface area contributed by atoms with Gasteiger partial charge in [0.25, 0.3) is 5.91 Å². The topological polar surface area (TPSA) is 32.8 Å². The number of rotatable bonds is 5. The van der Waals surface area contributed by atoms with Crippen LogP contribution in [0.5, 0.6) is 0 Å². The Balaban J connectivity index is 1.47. The molecule has 0 radical (unpaired) electrons. The molecule has 1 amide bonds. The molecule has 136 valence electrons. The maximum Gasteiger partial charge on any atom is 0.253 e. The molecule has 3 fully saturated rings. The molecule has 0 unspecified atom stereocenters. The van der Waals surface area contributed by atoms with Gasteiger partial charge in [-0.25, -0.2) is 0 Å². The highest BCUT2D eigenvalue weighted by Crippen LogP contribution is 2.45. The average Bonchev–Trinajstić information content (AvgIpc) is 3.21. The van der Waals surface area contributed by atoms with Crippen LogP contribution in [0.4, 0.5) is 0 Å². The molecule has 2 heterocycles. The molecular formula is C21H30N2O2. The SMILES string of the molecule is COC[C@@H]1CN(CC2CC2)C[C@]12CCN(C(=O)c1cccc(C)c1)C2. The highest BCUT2D eigenvalue weighted by Gasteiger charge is 2.51. The van der Waals surface area contributed by atoms with Crippen LogP contribution in [0.3, 0.4) is 0 Å². The predicted molar refractivity (Wildman–Crippen MR) is 98.7 cm³/mol. The van der Waals surface area contributed by atoms with Crippen molar-refractivity contribution in [2.75, 3.05) is 46.4 Å². The summed E-state index contributed by atoms with van der Waals surface area (Å²) >= 11 is 0. The number of likely N-dealkylation sites (tertiary alicyclic amines) is 2. The van der Waals surface area contributed by atoms with Gasteiger partial charge in [0.15, 0.2) is 0 Å². The van der Waals surface area contributed by atoms with Crippen molar-refractivity contribution in [1.82, 2.24) is 9.80 Å². The first-order valence-corrected chi connectivity index (χ1v) is 9.67. The second-order valence-corrected chi connectivity index (χ2v) is 8.50. The van der Waals surface area contributed by atoms with E-state index < -0.39 is 0 Å². The maximum atomic E-state index is 13.0. The molecule has 4 rings (SSSR count). The molecule has 0 N–H and O–H groups in total. The first kappa shape index (κ1) is 17.0. The fraction of sp³-hybridized carbons (Fsp3) is 0.667. The van der Waals surface area contributed by atoms with E-state index in [1.165, 1.54) is 19.4 Å². The summed E-state index contributed by atoms with van der Waals surface area (Å²) in [5.74, 6) is 1.66. The number of hydrogen-bond acceptors (Lipinski definition) is 3. The molecule has 4 nitrogen and oxygen atoms in total. The summed E-state index contributed by atoms with van der Waals surface area (Å²) in [4.78, 5) is 17.7. The monoisotopic (exact) mass is 342 g/mol. The van der Waals surface area contributed by atoms with Crippen LogP contribution in [0.15, 0.2) is 24.3 Å². The van der Waals surface area contributed by atoms with Crippen molar-refractivity contribution >= 4 is 5.91 Å². The van der Waals surface area contributed by atoms with Crippen LogP contribution in [0.2, 0.25) is 0 Å². The summed E-state index contributed by atoms with van der Waals surface area (Å²) < 4.78 is 5.55. The first-order valence-electron chi connectivity index (χ1n) is 9.67. The second-order valence-electron chi connectivity index (χ2n) is 8.50. The smallest absolute Gasteiger partial charge is 0.253 e. The van der Waals surface area contributed by atoms with Crippen molar-refractivity contribution in [2.45, 2.75) is 26.2 Å². The Morgan fingerprint density at radius 2 is 2.16 bits per heavy atom. The van der Waals surface area contributed by atoms with E-state index in [9.17, 15) is 4.79 Å². The van der Waals surface area contributed by atoms with Gasteiger partial charge in [0.05, 0.1) is 6.61 Å². The Kier molecular flexibility index (Phi) is 4.59. The van der Waals surface area contributed by atoms with Crippen molar-refractivity contribution < 1.29 is 9.53 Å². The minimum absolute atomic E-state index is 0.192. The highest BCUT2D eigenvalue weighted by atomic mass is 16.5. The molecule has 2 aliphatic heterocycles. The third kappa shape index (κ3) is 3.47. The van der Waals surface area contributed by atoms with Gasteiger partial charge in [-0.1, -0.05) is 17.7 Å². The summed E-state index contributed by atoms with van der Waals surface area (Å²) in [5, 5.41) is 0. The third-order valence-electron chi connectivity index (χ3n) is 6.40. The van der Waals surface area contributed by atoms with E-state index in [0.29, 0.717) is 5.92 Å². The van der Waals surface area contributed by atoms with Crippen molar-refractivity contribution in [3.8, 4) is 0 Å². The van der Waals surface area contributed by atoms with Gasteiger partial charge in [-0.15, -0.1) is 0 Å². The van der Waals surface area contributed by atoms with Gasteiger partial charge >= 0.3 is 0 Å². The lowest BCUT2D eigenvalue weighted by Crippen LogP contribution is -2.38. The molecule has 0 bridgehead atoms.